The fourth-order valence-corrected chi connectivity index (χ4v) is 3.05. The maximum absolute atomic E-state index is 6.03. The van der Waals surface area contributed by atoms with Gasteiger partial charge >= 0.3 is 0 Å². The van der Waals surface area contributed by atoms with E-state index in [2.05, 4.69) is 15.0 Å². The molecule has 0 fully saturated rings. The Bertz CT molecular complexity index is 694. The Morgan fingerprint density at radius 3 is 2.68 bits per heavy atom. The molecule has 1 N–H and O–H groups in total. The average Bonchev–Trinajstić information content (AvgIpc) is 2.80. The van der Waals surface area contributed by atoms with Crippen molar-refractivity contribution < 1.29 is 0 Å². The molecular formula is C13H9Cl2N3S. The summed E-state index contributed by atoms with van der Waals surface area (Å²) in [6.07, 6.45) is 0. The van der Waals surface area contributed by atoms with Gasteiger partial charge in [0.2, 0.25) is 0 Å². The van der Waals surface area contributed by atoms with Crippen molar-refractivity contribution >= 4 is 46.0 Å². The van der Waals surface area contributed by atoms with E-state index >= 15 is 0 Å². The van der Waals surface area contributed by atoms with Crippen LogP contribution in [0.3, 0.4) is 0 Å². The maximum Gasteiger partial charge on any atom is 0.166 e. The Morgan fingerprint density at radius 1 is 1.05 bits per heavy atom. The summed E-state index contributed by atoms with van der Waals surface area (Å²) in [6, 6.07) is 11.6. The number of imidazole rings is 1. The lowest BCUT2D eigenvalue weighted by Crippen LogP contribution is -1.87. The van der Waals surface area contributed by atoms with Crippen LogP contribution in [0.25, 0.3) is 11.0 Å². The number of aromatic nitrogens is 3. The van der Waals surface area contributed by atoms with Crippen LogP contribution >= 0.6 is 35.0 Å². The molecule has 3 aromatic rings. The van der Waals surface area contributed by atoms with Gasteiger partial charge in [0.25, 0.3) is 0 Å². The summed E-state index contributed by atoms with van der Waals surface area (Å²) < 4.78 is 0. The molecule has 96 valence electrons. The summed E-state index contributed by atoms with van der Waals surface area (Å²) in [5, 5.41) is 1.71. The van der Waals surface area contributed by atoms with Crippen molar-refractivity contribution in [3.8, 4) is 0 Å². The number of hydrogen-bond acceptors (Lipinski definition) is 3. The highest BCUT2D eigenvalue weighted by atomic mass is 35.5. The Kier molecular flexibility index (Phi) is 3.64. The molecule has 0 atom stereocenters. The van der Waals surface area contributed by atoms with Gasteiger partial charge in [-0.3, -0.25) is 0 Å². The van der Waals surface area contributed by atoms with Gasteiger partial charge in [-0.1, -0.05) is 53.2 Å². The summed E-state index contributed by atoms with van der Waals surface area (Å²) in [4.78, 5) is 11.8. The summed E-state index contributed by atoms with van der Waals surface area (Å²) in [5.41, 5.74) is 2.94. The van der Waals surface area contributed by atoms with Crippen LogP contribution in [-0.2, 0) is 5.75 Å². The predicted molar refractivity (Wildman–Crippen MR) is 79.9 cm³/mol. The highest BCUT2D eigenvalue weighted by Crippen LogP contribution is 2.26. The molecule has 0 saturated carbocycles. The number of pyridine rings is 1. The fraction of sp³-hybridized carbons (Fsp3) is 0.0769. The quantitative estimate of drug-likeness (QED) is 0.569. The molecule has 0 aliphatic rings. The highest BCUT2D eigenvalue weighted by molar-refractivity contribution is 7.98. The third-order valence-corrected chi connectivity index (χ3v) is 4.08. The zero-order valence-corrected chi connectivity index (χ0v) is 12.1. The van der Waals surface area contributed by atoms with Crippen LogP contribution in [0, 0.1) is 0 Å². The van der Waals surface area contributed by atoms with Crippen molar-refractivity contribution in [2.45, 2.75) is 10.9 Å². The average molecular weight is 310 g/mol. The van der Waals surface area contributed by atoms with Crippen molar-refractivity contribution in [1.29, 1.82) is 0 Å². The summed E-state index contributed by atoms with van der Waals surface area (Å²) in [7, 11) is 0. The van der Waals surface area contributed by atoms with Crippen LogP contribution in [0.5, 0.6) is 0 Å². The molecule has 0 saturated heterocycles. The van der Waals surface area contributed by atoms with Gasteiger partial charge in [0.05, 0.1) is 11.0 Å². The summed E-state index contributed by atoms with van der Waals surface area (Å²) >= 11 is 13.4. The monoisotopic (exact) mass is 309 g/mol. The van der Waals surface area contributed by atoms with Crippen molar-refractivity contribution in [1.82, 2.24) is 15.0 Å². The largest absolute Gasteiger partial charge is 0.333 e. The van der Waals surface area contributed by atoms with Crippen LogP contribution in [0.15, 0.2) is 41.6 Å². The maximum atomic E-state index is 6.03. The number of para-hydroxylation sites is 2. The number of nitrogens with zero attached hydrogens (tertiary/aromatic N) is 2. The second-order valence-electron chi connectivity index (χ2n) is 3.93. The van der Waals surface area contributed by atoms with Gasteiger partial charge in [-0.05, 0) is 23.8 Å². The standard InChI is InChI=1S/C13H9Cl2N3S/c14-11-6-5-8(12(15)18-11)7-19-13-16-9-3-1-2-4-10(9)17-13/h1-6H,7H2,(H,16,17). The van der Waals surface area contributed by atoms with Crippen molar-refractivity contribution in [3.05, 3.63) is 52.3 Å². The molecule has 0 amide bonds. The van der Waals surface area contributed by atoms with Crippen LogP contribution in [0.1, 0.15) is 5.56 Å². The molecule has 19 heavy (non-hydrogen) atoms. The summed E-state index contributed by atoms with van der Waals surface area (Å²) in [5.74, 6) is 0.697. The van der Waals surface area contributed by atoms with E-state index in [1.807, 2.05) is 30.3 Å². The molecule has 1 aromatic carbocycles. The molecule has 0 unspecified atom stereocenters. The lowest BCUT2D eigenvalue weighted by molar-refractivity contribution is 1.08. The van der Waals surface area contributed by atoms with E-state index in [1.54, 1.807) is 17.8 Å². The molecule has 0 radical (unpaired) electrons. The lowest BCUT2D eigenvalue weighted by atomic mass is 10.3. The Morgan fingerprint density at radius 2 is 1.89 bits per heavy atom. The summed E-state index contributed by atoms with van der Waals surface area (Å²) in [6.45, 7) is 0. The molecular weight excluding hydrogens is 301 g/mol. The van der Waals surface area contributed by atoms with Crippen molar-refractivity contribution in [3.63, 3.8) is 0 Å². The third-order valence-electron chi connectivity index (χ3n) is 2.62. The van der Waals surface area contributed by atoms with E-state index in [-0.39, 0.29) is 0 Å². The smallest absolute Gasteiger partial charge is 0.166 e. The molecule has 2 aromatic heterocycles. The first-order valence-corrected chi connectivity index (χ1v) is 7.35. The fourth-order valence-electron chi connectivity index (χ4n) is 1.69. The van der Waals surface area contributed by atoms with Gasteiger partial charge in [-0.2, -0.15) is 0 Å². The molecule has 2 heterocycles. The molecule has 0 aliphatic carbocycles. The normalized spacial score (nSPS) is 11.1. The van der Waals surface area contributed by atoms with E-state index in [1.165, 1.54) is 0 Å². The van der Waals surface area contributed by atoms with Crippen LogP contribution in [0.2, 0.25) is 10.3 Å². The van der Waals surface area contributed by atoms with E-state index in [0.29, 0.717) is 16.1 Å². The van der Waals surface area contributed by atoms with Crippen LogP contribution < -0.4 is 0 Å². The highest BCUT2D eigenvalue weighted by Gasteiger charge is 2.06. The molecule has 3 rings (SSSR count). The molecule has 0 spiro atoms. The minimum absolute atomic E-state index is 0.405. The number of thioether (sulfide) groups is 1. The minimum atomic E-state index is 0.405. The second-order valence-corrected chi connectivity index (χ2v) is 5.64. The topological polar surface area (TPSA) is 41.6 Å². The van der Waals surface area contributed by atoms with Gasteiger partial charge in [0, 0.05) is 5.75 Å². The Labute approximate surface area is 124 Å². The SMILES string of the molecule is Clc1ccc(CSc2nc3ccccc3[nH]2)c(Cl)n1. The van der Waals surface area contributed by atoms with Crippen molar-refractivity contribution in [2.24, 2.45) is 0 Å². The molecule has 0 bridgehead atoms. The van der Waals surface area contributed by atoms with E-state index in [0.717, 1.165) is 21.8 Å². The number of halogens is 2. The molecule has 3 nitrogen and oxygen atoms in total. The Balaban J connectivity index is 1.78. The number of rotatable bonds is 3. The number of aromatic amines is 1. The first-order valence-electron chi connectivity index (χ1n) is 5.61. The van der Waals surface area contributed by atoms with Gasteiger partial charge in [-0.25, -0.2) is 9.97 Å². The number of nitrogens with one attached hydrogen (secondary N) is 1. The van der Waals surface area contributed by atoms with Crippen molar-refractivity contribution in [2.75, 3.05) is 0 Å². The number of hydrogen-bond donors (Lipinski definition) is 1. The van der Waals surface area contributed by atoms with E-state index in [4.69, 9.17) is 23.2 Å². The number of benzene rings is 1. The van der Waals surface area contributed by atoms with Gasteiger partial charge in [-0.15, -0.1) is 0 Å². The first-order chi connectivity index (χ1) is 9.22. The predicted octanol–water partition coefficient (Wildman–Crippen LogP) is 4.56. The third kappa shape index (κ3) is 2.86. The van der Waals surface area contributed by atoms with Crippen LogP contribution in [0.4, 0.5) is 0 Å². The second kappa shape index (κ2) is 5.41. The van der Waals surface area contributed by atoms with E-state index in [9.17, 15) is 0 Å². The number of fused-ring (bicyclic) bond motifs is 1. The first kappa shape index (κ1) is 12.8. The Hall–Kier alpha value is -1.23. The van der Waals surface area contributed by atoms with Crippen LogP contribution in [-0.4, -0.2) is 15.0 Å². The van der Waals surface area contributed by atoms with Gasteiger partial charge in [0.15, 0.2) is 5.16 Å². The number of H-pyrrole nitrogens is 1. The minimum Gasteiger partial charge on any atom is -0.333 e. The van der Waals surface area contributed by atoms with E-state index < -0.39 is 0 Å². The lowest BCUT2D eigenvalue weighted by Gasteiger charge is -2.01. The zero-order chi connectivity index (χ0) is 13.2. The van der Waals surface area contributed by atoms with Gasteiger partial charge < -0.3 is 4.98 Å². The molecule has 6 heteroatoms. The molecule has 0 aliphatic heterocycles. The zero-order valence-electron chi connectivity index (χ0n) is 9.73. The van der Waals surface area contributed by atoms with Gasteiger partial charge in [0.1, 0.15) is 10.3 Å².